The molecule has 0 atom stereocenters. The fourth-order valence-corrected chi connectivity index (χ4v) is 1.90. The quantitative estimate of drug-likeness (QED) is 0.747. The molecule has 1 rings (SSSR count). The van der Waals surface area contributed by atoms with Gasteiger partial charge in [0.25, 0.3) is 0 Å². The summed E-state index contributed by atoms with van der Waals surface area (Å²) in [5, 5.41) is 0. The van der Waals surface area contributed by atoms with Crippen molar-refractivity contribution in [2.24, 2.45) is 5.73 Å². The Morgan fingerprint density at radius 2 is 1.37 bits per heavy atom. The molecule has 1 aromatic carbocycles. The zero-order valence-corrected chi connectivity index (χ0v) is 12.2. The third kappa shape index (κ3) is 4.63. The lowest BCUT2D eigenvalue weighted by Gasteiger charge is -2.16. The Balaban J connectivity index is 3.07. The summed E-state index contributed by atoms with van der Waals surface area (Å²) in [5.74, 6) is 2.38. The van der Waals surface area contributed by atoms with E-state index in [9.17, 15) is 0 Å². The van der Waals surface area contributed by atoms with Crippen LogP contribution in [0.15, 0.2) is 12.1 Å². The molecule has 19 heavy (non-hydrogen) atoms. The maximum absolute atomic E-state index is 5.68. The summed E-state index contributed by atoms with van der Waals surface area (Å²) in [4.78, 5) is 0. The molecular weight excluding hydrogens is 242 g/mol. The highest BCUT2D eigenvalue weighted by Gasteiger charge is 2.12. The molecule has 0 amide bonds. The molecule has 0 aliphatic heterocycles. The van der Waals surface area contributed by atoms with E-state index in [4.69, 9.17) is 19.9 Å². The molecule has 0 fully saturated rings. The van der Waals surface area contributed by atoms with E-state index in [1.165, 1.54) is 0 Å². The number of rotatable bonds is 9. The van der Waals surface area contributed by atoms with Crippen LogP contribution in [0.25, 0.3) is 0 Å². The van der Waals surface area contributed by atoms with E-state index in [-0.39, 0.29) is 0 Å². The zero-order chi connectivity index (χ0) is 14.1. The van der Waals surface area contributed by atoms with Crippen LogP contribution in [0.3, 0.4) is 0 Å². The van der Waals surface area contributed by atoms with Gasteiger partial charge in [-0.2, -0.15) is 0 Å². The van der Waals surface area contributed by atoms with E-state index >= 15 is 0 Å². The van der Waals surface area contributed by atoms with Crippen LogP contribution in [0.4, 0.5) is 0 Å². The fraction of sp³-hybridized carbons (Fsp3) is 0.600. The highest BCUT2D eigenvalue weighted by Crippen LogP contribution is 2.35. The molecule has 4 nitrogen and oxygen atoms in total. The van der Waals surface area contributed by atoms with Gasteiger partial charge in [0, 0.05) is 6.07 Å². The van der Waals surface area contributed by atoms with Crippen molar-refractivity contribution in [3.8, 4) is 17.2 Å². The van der Waals surface area contributed by atoms with Gasteiger partial charge in [0.2, 0.25) is 0 Å². The molecule has 0 spiro atoms. The monoisotopic (exact) mass is 267 g/mol. The second-order valence-electron chi connectivity index (χ2n) is 4.10. The van der Waals surface area contributed by atoms with Crippen LogP contribution in [0.1, 0.15) is 32.8 Å². The molecule has 0 radical (unpaired) electrons. The van der Waals surface area contributed by atoms with Crippen molar-refractivity contribution in [1.29, 1.82) is 0 Å². The number of benzene rings is 1. The van der Waals surface area contributed by atoms with Gasteiger partial charge in [0.05, 0.1) is 19.8 Å². The first kappa shape index (κ1) is 15.6. The van der Waals surface area contributed by atoms with E-state index in [1.54, 1.807) is 0 Å². The third-order valence-electron chi connectivity index (χ3n) is 2.68. The van der Waals surface area contributed by atoms with Crippen LogP contribution in [0.5, 0.6) is 17.2 Å². The lowest BCUT2D eigenvalue weighted by molar-refractivity contribution is 0.281. The van der Waals surface area contributed by atoms with E-state index in [1.807, 2.05) is 32.9 Å². The second kappa shape index (κ2) is 8.64. The van der Waals surface area contributed by atoms with Gasteiger partial charge >= 0.3 is 0 Å². The van der Waals surface area contributed by atoms with Crippen LogP contribution in [0.2, 0.25) is 0 Å². The van der Waals surface area contributed by atoms with Gasteiger partial charge in [-0.1, -0.05) is 0 Å². The zero-order valence-electron chi connectivity index (χ0n) is 12.2. The predicted molar refractivity (Wildman–Crippen MR) is 77.3 cm³/mol. The van der Waals surface area contributed by atoms with Gasteiger partial charge < -0.3 is 19.9 Å². The van der Waals surface area contributed by atoms with Crippen molar-refractivity contribution in [3.05, 3.63) is 17.7 Å². The van der Waals surface area contributed by atoms with E-state index in [0.29, 0.717) is 26.4 Å². The molecule has 0 unspecified atom stereocenters. The average Bonchev–Trinajstić information content (AvgIpc) is 2.40. The predicted octanol–water partition coefficient (Wildman–Crippen LogP) is 2.77. The first-order valence-corrected chi connectivity index (χ1v) is 7.02. The highest BCUT2D eigenvalue weighted by atomic mass is 16.5. The Labute approximate surface area is 115 Å². The molecule has 108 valence electrons. The molecule has 0 aliphatic rings. The summed E-state index contributed by atoms with van der Waals surface area (Å²) in [5.41, 5.74) is 6.70. The average molecular weight is 267 g/mol. The van der Waals surface area contributed by atoms with Crippen LogP contribution < -0.4 is 19.9 Å². The Morgan fingerprint density at radius 1 is 0.842 bits per heavy atom. The van der Waals surface area contributed by atoms with Gasteiger partial charge in [-0.3, -0.25) is 0 Å². The van der Waals surface area contributed by atoms with Crippen LogP contribution in [-0.2, 0) is 6.42 Å². The summed E-state index contributed by atoms with van der Waals surface area (Å²) in [6.45, 7) is 8.42. The van der Waals surface area contributed by atoms with Gasteiger partial charge in [-0.05, 0) is 51.8 Å². The lowest BCUT2D eigenvalue weighted by Crippen LogP contribution is -2.05. The van der Waals surface area contributed by atoms with Crippen LogP contribution in [0, 0.1) is 0 Å². The minimum absolute atomic E-state index is 0.605. The van der Waals surface area contributed by atoms with E-state index in [0.717, 1.165) is 35.7 Å². The van der Waals surface area contributed by atoms with Crippen molar-refractivity contribution in [2.45, 2.75) is 33.6 Å². The number of aryl methyl sites for hydroxylation is 1. The van der Waals surface area contributed by atoms with Crippen molar-refractivity contribution in [2.75, 3.05) is 26.4 Å². The summed E-state index contributed by atoms with van der Waals surface area (Å²) in [7, 11) is 0. The Morgan fingerprint density at radius 3 is 1.89 bits per heavy atom. The maximum Gasteiger partial charge on any atom is 0.164 e. The minimum atomic E-state index is 0.605. The second-order valence-corrected chi connectivity index (χ2v) is 4.10. The summed E-state index contributed by atoms with van der Waals surface area (Å²) in [6.07, 6.45) is 1.82. The van der Waals surface area contributed by atoms with Gasteiger partial charge in [0.1, 0.15) is 5.75 Å². The number of ether oxygens (including phenoxy) is 3. The van der Waals surface area contributed by atoms with Crippen molar-refractivity contribution >= 4 is 0 Å². The highest BCUT2D eigenvalue weighted by molar-refractivity contribution is 5.51. The summed E-state index contributed by atoms with van der Waals surface area (Å²) < 4.78 is 16.9. The maximum atomic E-state index is 5.68. The molecular formula is C15H25NO3. The summed E-state index contributed by atoms with van der Waals surface area (Å²) >= 11 is 0. The molecule has 0 aromatic heterocycles. The standard InChI is InChI=1S/C15H25NO3/c1-4-17-13-11-15(19-6-3)14(18-5-2)10-12(13)8-7-9-16/h10-11H,4-9,16H2,1-3H3. The molecule has 0 aliphatic carbocycles. The lowest BCUT2D eigenvalue weighted by atomic mass is 10.1. The molecule has 2 N–H and O–H groups in total. The molecule has 0 saturated heterocycles. The summed E-state index contributed by atoms with van der Waals surface area (Å²) in [6, 6.07) is 3.93. The van der Waals surface area contributed by atoms with Crippen molar-refractivity contribution < 1.29 is 14.2 Å². The smallest absolute Gasteiger partial charge is 0.164 e. The normalized spacial score (nSPS) is 10.3. The van der Waals surface area contributed by atoms with Gasteiger partial charge in [-0.15, -0.1) is 0 Å². The molecule has 1 aromatic rings. The Kier molecular flexibility index (Phi) is 7.11. The Hall–Kier alpha value is -1.42. The van der Waals surface area contributed by atoms with Gasteiger partial charge in [-0.25, -0.2) is 0 Å². The molecule has 4 heteroatoms. The van der Waals surface area contributed by atoms with Gasteiger partial charge in [0.15, 0.2) is 11.5 Å². The van der Waals surface area contributed by atoms with Crippen LogP contribution in [-0.4, -0.2) is 26.4 Å². The SMILES string of the molecule is CCOc1cc(OCC)c(OCC)cc1CCCN. The van der Waals surface area contributed by atoms with Crippen molar-refractivity contribution in [1.82, 2.24) is 0 Å². The van der Waals surface area contributed by atoms with Crippen LogP contribution >= 0.6 is 0 Å². The first-order chi connectivity index (χ1) is 9.26. The van der Waals surface area contributed by atoms with E-state index < -0.39 is 0 Å². The van der Waals surface area contributed by atoms with Crippen molar-refractivity contribution in [3.63, 3.8) is 0 Å². The molecule has 0 bridgehead atoms. The van der Waals surface area contributed by atoms with E-state index in [2.05, 4.69) is 0 Å². The third-order valence-corrected chi connectivity index (χ3v) is 2.68. The largest absolute Gasteiger partial charge is 0.493 e. The fourth-order valence-electron chi connectivity index (χ4n) is 1.90. The molecule has 0 saturated carbocycles. The number of nitrogens with two attached hydrogens (primary N) is 1. The Bertz CT molecular complexity index is 380. The minimum Gasteiger partial charge on any atom is -0.493 e. The molecule has 0 heterocycles. The first-order valence-electron chi connectivity index (χ1n) is 7.02. The number of hydrogen-bond donors (Lipinski definition) is 1. The number of hydrogen-bond acceptors (Lipinski definition) is 4. The topological polar surface area (TPSA) is 53.7 Å².